The topological polar surface area (TPSA) is 58.6 Å². The molecule has 2 aromatic rings. The van der Waals surface area contributed by atoms with E-state index >= 15 is 0 Å². The molecule has 0 unspecified atom stereocenters. The van der Waals surface area contributed by atoms with Gasteiger partial charge in [-0.1, -0.05) is 6.92 Å². The Labute approximate surface area is 107 Å². The molecule has 5 heteroatoms. The molecule has 2 aromatic heterocycles. The summed E-state index contributed by atoms with van der Waals surface area (Å²) < 4.78 is 0.480. The summed E-state index contributed by atoms with van der Waals surface area (Å²) in [6.07, 6.45) is 4.35. The van der Waals surface area contributed by atoms with Crippen LogP contribution in [0.3, 0.4) is 0 Å². The van der Waals surface area contributed by atoms with Gasteiger partial charge in [0.2, 0.25) is 0 Å². The van der Waals surface area contributed by atoms with Gasteiger partial charge in [-0.25, -0.2) is 4.98 Å². The van der Waals surface area contributed by atoms with Crippen molar-refractivity contribution in [1.82, 2.24) is 15.0 Å². The fourth-order valence-electron chi connectivity index (χ4n) is 1.64. The minimum Gasteiger partial charge on any atom is -0.306 e. The second kappa shape index (κ2) is 4.79. The van der Waals surface area contributed by atoms with Crippen LogP contribution in [-0.2, 0) is 6.42 Å². The van der Waals surface area contributed by atoms with E-state index in [1.54, 1.807) is 19.3 Å². The maximum atomic E-state index is 11.7. The lowest BCUT2D eigenvalue weighted by atomic mass is 10.1. The predicted octanol–water partition coefficient (Wildman–Crippen LogP) is 2.47. The van der Waals surface area contributed by atoms with Gasteiger partial charge in [0.05, 0.1) is 5.69 Å². The van der Waals surface area contributed by atoms with Crippen molar-refractivity contribution in [1.29, 1.82) is 0 Å². The van der Waals surface area contributed by atoms with Gasteiger partial charge in [0, 0.05) is 18.0 Å². The van der Waals surface area contributed by atoms with Gasteiger partial charge in [0.15, 0.2) is 0 Å². The highest BCUT2D eigenvalue weighted by atomic mass is 79.9. The van der Waals surface area contributed by atoms with Crippen LogP contribution in [0.5, 0.6) is 0 Å². The zero-order valence-corrected chi connectivity index (χ0v) is 11.2. The average molecular weight is 294 g/mol. The number of aromatic amines is 1. The predicted molar refractivity (Wildman–Crippen MR) is 69.9 cm³/mol. The van der Waals surface area contributed by atoms with Crippen molar-refractivity contribution < 1.29 is 0 Å². The van der Waals surface area contributed by atoms with Gasteiger partial charge in [0.25, 0.3) is 5.56 Å². The molecule has 0 fully saturated rings. The number of aromatic nitrogens is 3. The molecule has 4 nitrogen and oxygen atoms in total. The highest BCUT2D eigenvalue weighted by Crippen LogP contribution is 2.20. The van der Waals surface area contributed by atoms with Gasteiger partial charge in [-0.3, -0.25) is 9.78 Å². The Kier molecular flexibility index (Phi) is 3.38. The van der Waals surface area contributed by atoms with Crippen LogP contribution in [0.1, 0.15) is 18.2 Å². The normalized spacial score (nSPS) is 10.5. The summed E-state index contributed by atoms with van der Waals surface area (Å²) in [5.74, 6) is 0.593. The smallest absolute Gasteiger partial charge is 0.265 e. The molecule has 1 N–H and O–H groups in total. The maximum Gasteiger partial charge on any atom is 0.265 e. The Hall–Kier alpha value is -1.49. The third-order valence-electron chi connectivity index (χ3n) is 2.57. The molecule has 0 aliphatic carbocycles. The standard InChI is InChI=1S/C12H12BrN3O/c1-3-8-6-14-5-4-9(8)11-15-7(2)10(13)12(17)16-11/h4-6H,3H2,1-2H3,(H,15,16,17). The van der Waals surface area contributed by atoms with Gasteiger partial charge >= 0.3 is 0 Å². The van der Waals surface area contributed by atoms with E-state index in [2.05, 4.69) is 30.9 Å². The maximum absolute atomic E-state index is 11.7. The molecular weight excluding hydrogens is 282 g/mol. The minimum atomic E-state index is -0.161. The van der Waals surface area contributed by atoms with Crippen molar-refractivity contribution in [3.63, 3.8) is 0 Å². The summed E-state index contributed by atoms with van der Waals surface area (Å²) in [6.45, 7) is 3.85. The SMILES string of the molecule is CCc1cnccc1-c1nc(C)c(Br)c(=O)[nH]1. The molecule has 0 bridgehead atoms. The molecule has 0 aliphatic heterocycles. The lowest BCUT2D eigenvalue weighted by Gasteiger charge is -2.07. The van der Waals surface area contributed by atoms with Crippen molar-refractivity contribution in [2.45, 2.75) is 20.3 Å². The number of hydrogen-bond acceptors (Lipinski definition) is 3. The Balaban J connectivity index is 2.65. The number of nitrogens with zero attached hydrogens (tertiary/aromatic N) is 2. The third-order valence-corrected chi connectivity index (χ3v) is 3.50. The van der Waals surface area contributed by atoms with Crippen LogP contribution in [0.25, 0.3) is 11.4 Å². The Morgan fingerprint density at radius 3 is 2.88 bits per heavy atom. The van der Waals surface area contributed by atoms with Crippen LogP contribution in [0, 0.1) is 6.92 Å². The number of nitrogens with one attached hydrogen (secondary N) is 1. The van der Waals surface area contributed by atoms with E-state index in [9.17, 15) is 4.79 Å². The molecule has 0 amide bonds. The van der Waals surface area contributed by atoms with E-state index in [4.69, 9.17) is 0 Å². The van der Waals surface area contributed by atoms with Crippen molar-refractivity contribution in [2.24, 2.45) is 0 Å². The fraction of sp³-hybridized carbons (Fsp3) is 0.250. The third kappa shape index (κ3) is 2.29. The lowest BCUT2D eigenvalue weighted by Crippen LogP contribution is -2.12. The lowest BCUT2D eigenvalue weighted by molar-refractivity contribution is 1.03. The molecule has 0 aliphatic rings. The van der Waals surface area contributed by atoms with Gasteiger partial charge in [0.1, 0.15) is 10.3 Å². The number of rotatable bonds is 2. The molecule has 88 valence electrons. The molecule has 0 saturated heterocycles. The van der Waals surface area contributed by atoms with Gasteiger partial charge < -0.3 is 4.98 Å². The van der Waals surface area contributed by atoms with Crippen LogP contribution < -0.4 is 5.56 Å². The summed E-state index contributed by atoms with van der Waals surface area (Å²) in [6, 6.07) is 1.87. The van der Waals surface area contributed by atoms with Gasteiger partial charge in [-0.15, -0.1) is 0 Å². The number of H-pyrrole nitrogens is 1. The van der Waals surface area contributed by atoms with Crippen LogP contribution in [0.4, 0.5) is 0 Å². The van der Waals surface area contributed by atoms with E-state index in [1.807, 2.05) is 13.0 Å². The van der Waals surface area contributed by atoms with E-state index in [0.717, 1.165) is 17.5 Å². The second-order valence-corrected chi connectivity index (χ2v) is 4.49. The molecule has 0 aromatic carbocycles. The zero-order valence-electron chi connectivity index (χ0n) is 9.62. The van der Waals surface area contributed by atoms with E-state index < -0.39 is 0 Å². The van der Waals surface area contributed by atoms with Crippen molar-refractivity contribution in [3.8, 4) is 11.4 Å². The summed E-state index contributed by atoms with van der Waals surface area (Å²) in [5.41, 5.74) is 2.52. The molecule has 0 saturated carbocycles. The number of aryl methyl sites for hydroxylation is 2. The quantitative estimate of drug-likeness (QED) is 0.925. The van der Waals surface area contributed by atoms with Crippen LogP contribution in [0.2, 0.25) is 0 Å². The van der Waals surface area contributed by atoms with E-state index in [-0.39, 0.29) is 5.56 Å². The first kappa shape index (κ1) is 12.0. The summed E-state index contributed by atoms with van der Waals surface area (Å²) >= 11 is 3.20. The monoisotopic (exact) mass is 293 g/mol. The van der Waals surface area contributed by atoms with Crippen LogP contribution in [-0.4, -0.2) is 15.0 Å². The largest absolute Gasteiger partial charge is 0.306 e. The summed E-state index contributed by atoms with van der Waals surface area (Å²) in [5, 5.41) is 0. The van der Waals surface area contributed by atoms with Crippen LogP contribution in [0.15, 0.2) is 27.7 Å². The number of halogens is 1. The number of pyridine rings is 1. The average Bonchev–Trinajstić information content (AvgIpc) is 2.35. The zero-order chi connectivity index (χ0) is 12.4. The Morgan fingerprint density at radius 2 is 2.24 bits per heavy atom. The fourth-order valence-corrected chi connectivity index (χ4v) is 1.83. The van der Waals surface area contributed by atoms with E-state index in [1.165, 1.54) is 0 Å². The van der Waals surface area contributed by atoms with Crippen LogP contribution >= 0.6 is 15.9 Å². The van der Waals surface area contributed by atoms with Gasteiger partial charge in [-0.05, 0) is 40.9 Å². The molecule has 17 heavy (non-hydrogen) atoms. The molecule has 0 atom stereocenters. The van der Waals surface area contributed by atoms with Crippen molar-refractivity contribution in [3.05, 3.63) is 44.5 Å². The summed E-state index contributed by atoms with van der Waals surface area (Å²) in [4.78, 5) is 22.9. The minimum absolute atomic E-state index is 0.161. The summed E-state index contributed by atoms with van der Waals surface area (Å²) in [7, 11) is 0. The molecule has 2 rings (SSSR count). The highest BCUT2D eigenvalue weighted by molar-refractivity contribution is 9.10. The molecule has 0 radical (unpaired) electrons. The molecular formula is C12H12BrN3O. The first-order valence-electron chi connectivity index (χ1n) is 5.33. The second-order valence-electron chi connectivity index (χ2n) is 3.70. The highest BCUT2D eigenvalue weighted by Gasteiger charge is 2.09. The first-order chi connectivity index (χ1) is 8.13. The van der Waals surface area contributed by atoms with Crippen molar-refractivity contribution >= 4 is 15.9 Å². The molecule has 2 heterocycles. The van der Waals surface area contributed by atoms with Gasteiger partial charge in [-0.2, -0.15) is 0 Å². The Bertz CT molecular complexity index is 607. The van der Waals surface area contributed by atoms with E-state index in [0.29, 0.717) is 16.0 Å². The van der Waals surface area contributed by atoms with Crippen molar-refractivity contribution in [2.75, 3.05) is 0 Å². The first-order valence-corrected chi connectivity index (χ1v) is 6.12. The molecule has 0 spiro atoms. The number of hydrogen-bond donors (Lipinski definition) is 1. The Morgan fingerprint density at radius 1 is 1.47 bits per heavy atom.